The van der Waals surface area contributed by atoms with E-state index in [0.717, 1.165) is 64.4 Å². The summed E-state index contributed by atoms with van der Waals surface area (Å²) in [7, 11) is 0. The molecule has 6 heteroatoms. The van der Waals surface area contributed by atoms with Gasteiger partial charge in [-0.3, -0.25) is 9.69 Å². The number of nitrogens with zero attached hydrogens (tertiary/aromatic N) is 2. The molecular formula is C20H29N3O3. The fourth-order valence-corrected chi connectivity index (χ4v) is 4.63. The first-order chi connectivity index (χ1) is 12.7. The van der Waals surface area contributed by atoms with Crippen LogP contribution in [0.3, 0.4) is 0 Å². The Morgan fingerprint density at radius 3 is 2.73 bits per heavy atom. The Bertz CT molecular complexity index is 630. The standard InChI is InChI=1S/C20H29N3O3/c24-15-20-13-21-9-17(20)11-22(14-20)10-16-3-5-18(6-4-16)26-12-19(25)23-7-1-2-8-23/h3-6,17,21,24H,1-2,7-15H2. The minimum absolute atomic E-state index is 0.0407. The maximum absolute atomic E-state index is 12.0. The number of fused-ring (bicyclic) bond motifs is 1. The van der Waals surface area contributed by atoms with Crippen molar-refractivity contribution in [1.82, 2.24) is 15.1 Å². The predicted octanol–water partition coefficient (Wildman–Crippen LogP) is 0.702. The average molecular weight is 359 g/mol. The smallest absolute Gasteiger partial charge is 0.260 e. The highest BCUT2D eigenvalue weighted by Gasteiger charge is 2.48. The Labute approximate surface area is 155 Å². The lowest BCUT2D eigenvalue weighted by Gasteiger charge is -2.25. The van der Waals surface area contributed by atoms with Gasteiger partial charge in [0.05, 0.1) is 6.61 Å². The zero-order valence-corrected chi connectivity index (χ0v) is 15.3. The third-order valence-corrected chi connectivity index (χ3v) is 6.22. The van der Waals surface area contributed by atoms with Crippen molar-refractivity contribution in [3.8, 4) is 5.75 Å². The highest BCUT2D eigenvalue weighted by molar-refractivity contribution is 5.78. The van der Waals surface area contributed by atoms with Crippen molar-refractivity contribution in [1.29, 1.82) is 0 Å². The number of benzene rings is 1. The van der Waals surface area contributed by atoms with Gasteiger partial charge in [-0.2, -0.15) is 0 Å². The van der Waals surface area contributed by atoms with Crippen LogP contribution >= 0.6 is 0 Å². The Morgan fingerprint density at radius 1 is 1.27 bits per heavy atom. The van der Waals surface area contributed by atoms with Crippen LogP contribution < -0.4 is 10.1 Å². The van der Waals surface area contributed by atoms with E-state index < -0.39 is 0 Å². The first-order valence-corrected chi connectivity index (χ1v) is 9.72. The van der Waals surface area contributed by atoms with Gasteiger partial charge in [0.1, 0.15) is 5.75 Å². The maximum Gasteiger partial charge on any atom is 0.260 e. The van der Waals surface area contributed by atoms with Gasteiger partial charge in [-0.25, -0.2) is 0 Å². The molecule has 0 aliphatic carbocycles. The second-order valence-electron chi connectivity index (χ2n) is 8.04. The zero-order chi connectivity index (χ0) is 18.0. The lowest BCUT2D eigenvalue weighted by Crippen LogP contribution is -2.35. The summed E-state index contributed by atoms with van der Waals surface area (Å²) in [5.74, 6) is 1.38. The van der Waals surface area contributed by atoms with Crippen molar-refractivity contribution >= 4 is 5.91 Å². The molecule has 0 saturated carbocycles. The number of rotatable bonds is 6. The van der Waals surface area contributed by atoms with Crippen LogP contribution in [0.25, 0.3) is 0 Å². The summed E-state index contributed by atoms with van der Waals surface area (Å²) in [5.41, 5.74) is 1.28. The van der Waals surface area contributed by atoms with E-state index in [0.29, 0.717) is 5.92 Å². The second kappa shape index (κ2) is 7.55. The number of carbonyl (C=O) groups is 1. The third-order valence-electron chi connectivity index (χ3n) is 6.22. The summed E-state index contributed by atoms with van der Waals surface area (Å²) in [4.78, 5) is 16.4. The van der Waals surface area contributed by atoms with E-state index in [2.05, 4.69) is 22.3 Å². The fraction of sp³-hybridized carbons (Fsp3) is 0.650. The molecule has 0 aromatic heterocycles. The summed E-state index contributed by atoms with van der Waals surface area (Å²) in [6, 6.07) is 8.06. The summed E-state index contributed by atoms with van der Waals surface area (Å²) in [5, 5.41) is 13.2. The van der Waals surface area contributed by atoms with E-state index in [1.165, 1.54) is 5.56 Å². The Kier molecular flexibility index (Phi) is 5.16. The van der Waals surface area contributed by atoms with Gasteiger partial charge in [-0.15, -0.1) is 0 Å². The molecule has 2 unspecified atom stereocenters. The van der Waals surface area contributed by atoms with Crippen LogP contribution in [-0.4, -0.2) is 73.3 Å². The molecule has 0 radical (unpaired) electrons. The maximum atomic E-state index is 12.0. The van der Waals surface area contributed by atoms with Gasteiger partial charge in [0, 0.05) is 44.7 Å². The number of aliphatic hydroxyl groups excluding tert-OH is 1. The van der Waals surface area contributed by atoms with Crippen molar-refractivity contribution in [2.24, 2.45) is 11.3 Å². The molecule has 1 aromatic rings. The fourth-order valence-electron chi connectivity index (χ4n) is 4.63. The average Bonchev–Trinajstić information content (AvgIpc) is 3.37. The quantitative estimate of drug-likeness (QED) is 0.783. The molecule has 0 bridgehead atoms. The van der Waals surface area contributed by atoms with Crippen LogP contribution in [0.1, 0.15) is 18.4 Å². The lowest BCUT2D eigenvalue weighted by molar-refractivity contribution is -0.132. The highest BCUT2D eigenvalue weighted by Crippen LogP contribution is 2.39. The van der Waals surface area contributed by atoms with Crippen LogP contribution in [0, 0.1) is 11.3 Å². The van der Waals surface area contributed by atoms with Gasteiger partial charge in [-0.05, 0) is 43.0 Å². The van der Waals surface area contributed by atoms with Crippen LogP contribution in [0.5, 0.6) is 5.75 Å². The number of ether oxygens (including phenoxy) is 1. The van der Waals surface area contributed by atoms with Crippen molar-refractivity contribution in [2.45, 2.75) is 19.4 Å². The molecule has 6 nitrogen and oxygen atoms in total. The first kappa shape index (κ1) is 17.8. The normalized spacial score (nSPS) is 28.5. The highest BCUT2D eigenvalue weighted by atomic mass is 16.5. The summed E-state index contributed by atoms with van der Waals surface area (Å²) < 4.78 is 5.65. The summed E-state index contributed by atoms with van der Waals surface area (Å²) in [6.45, 7) is 6.92. The molecule has 3 heterocycles. The number of hydrogen-bond donors (Lipinski definition) is 2. The van der Waals surface area contributed by atoms with E-state index in [4.69, 9.17) is 4.74 Å². The van der Waals surface area contributed by atoms with Crippen LogP contribution in [0.4, 0.5) is 0 Å². The zero-order valence-electron chi connectivity index (χ0n) is 15.3. The van der Waals surface area contributed by atoms with Crippen molar-refractivity contribution in [3.05, 3.63) is 29.8 Å². The number of amides is 1. The van der Waals surface area contributed by atoms with E-state index in [9.17, 15) is 9.90 Å². The van der Waals surface area contributed by atoms with Gasteiger partial charge in [0.25, 0.3) is 5.91 Å². The van der Waals surface area contributed by atoms with Gasteiger partial charge in [0.2, 0.25) is 0 Å². The molecule has 1 aromatic carbocycles. The molecule has 2 atom stereocenters. The molecule has 1 amide bonds. The number of aliphatic hydroxyl groups is 1. The topological polar surface area (TPSA) is 65.0 Å². The summed E-state index contributed by atoms with van der Waals surface area (Å²) in [6.07, 6.45) is 2.21. The number of nitrogens with one attached hydrogen (secondary N) is 1. The molecule has 2 N–H and O–H groups in total. The van der Waals surface area contributed by atoms with Crippen molar-refractivity contribution in [2.75, 3.05) is 52.5 Å². The van der Waals surface area contributed by atoms with Crippen molar-refractivity contribution in [3.63, 3.8) is 0 Å². The Balaban J connectivity index is 1.27. The molecule has 3 aliphatic heterocycles. The molecule has 142 valence electrons. The minimum atomic E-state index is 0.0407. The molecule has 3 saturated heterocycles. The molecular weight excluding hydrogens is 330 g/mol. The third kappa shape index (κ3) is 3.59. The number of likely N-dealkylation sites (tertiary alicyclic amines) is 2. The molecule has 3 fully saturated rings. The van der Waals surface area contributed by atoms with E-state index in [1.54, 1.807) is 0 Å². The first-order valence-electron chi connectivity index (χ1n) is 9.72. The van der Waals surface area contributed by atoms with E-state index >= 15 is 0 Å². The van der Waals surface area contributed by atoms with Crippen molar-refractivity contribution < 1.29 is 14.6 Å². The largest absolute Gasteiger partial charge is 0.484 e. The molecule has 4 rings (SSSR count). The predicted molar refractivity (Wildman–Crippen MR) is 98.9 cm³/mol. The van der Waals surface area contributed by atoms with Gasteiger partial charge < -0.3 is 20.1 Å². The minimum Gasteiger partial charge on any atom is -0.484 e. The van der Waals surface area contributed by atoms with Crippen LogP contribution in [0.2, 0.25) is 0 Å². The van der Waals surface area contributed by atoms with Crippen LogP contribution in [-0.2, 0) is 11.3 Å². The summed E-state index contributed by atoms with van der Waals surface area (Å²) >= 11 is 0. The Morgan fingerprint density at radius 2 is 2.04 bits per heavy atom. The molecule has 0 spiro atoms. The molecule has 3 aliphatic rings. The number of carbonyl (C=O) groups excluding carboxylic acids is 1. The lowest BCUT2D eigenvalue weighted by atomic mass is 9.82. The number of hydrogen-bond acceptors (Lipinski definition) is 5. The van der Waals surface area contributed by atoms with Crippen LogP contribution in [0.15, 0.2) is 24.3 Å². The second-order valence-corrected chi connectivity index (χ2v) is 8.04. The molecule has 26 heavy (non-hydrogen) atoms. The van der Waals surface area contributed by atoms with Gasteiger partial charge in [0.15, 0.2) is 6.61 Å². The monoisotopic (exact) mass is 359 g/mol. The Hall–Kier alpha value is -1.63. The van der Waals surface area contributed by atoms with E-state index in [-0.39, 0.29) is 24.5 Å². The van der Waals surface area contributed by atoms with Gasteiger partial charge >= 0.3 is 0 Å². The SMILES string of the molecule is O=C(COc1ccc(CN2CC3CNCC3(CO)C2)cc1)N1CCCC1. The van der Waals surface area contributed by atoms with Gasteiger partial charge in [-0.1, -0.05) is 12.1 Å². The van der Waals surface area contributed by atoms with E-state index in [1.807, 2.05) is 17.0 Å².